The summed E-state index contributed by atoms with van der Waals surface area (Å²) in [6.07, 6.45) is 0. The van der Waals surface area contributed by atoms with E-state index in [9.17, 15) is 12.8 Å². The first-order chi connectivity index (χ1) is 11.3. The lowest BCUT2D eigenvalue weighted by Crippen LogP contribution is -2.41. The van der Waals surface area contributed by atoms with Crippen LogP contribution in [0.2, 0.25) is 5.02 Å². The van der Waals surface area contributed by atoms with Crippen molar-refractivity contribution in [3.63, 3.8) is 0 Å². The molecule has 2 aromatic carbocycles. The molecule has 0 fully saturated rings. The minimum atomic E-state index is -3.82. The lowest BCUT2D eigenvalue weighted by atomic mass is 10.1. The van der Waals surface area contributed by atoms with Crippen molar-refractivity contribution in [3.05, 3.63) is 70.5 Å². The molecule has 0 radical (unpaired) electrons. The molecule has 0 saturated heterocycles. The average Bonchev–Trinajstić information content (AvgIpc) is 2.56. The number of hydrogen-bond donors (Lipinski definition) is 2. The van der Waals surface area contributed by atoms with Crippen LogP contribution in [0.3, 0.4) is 0 Å². The van der Waals surface area contributed by atoms with Gasteiger partial charge in [0.2, 0.25) is 0 Å². The fraction of sp³-hybridized carbons (Fsp3) is 0.250. The monoisotopic (exact) mass is 407 g/mol. The van der Waals surface area contributed by atoms with Crippen molar-refractivity contribution in [3.8, 4) is 0 Å². The quantitative estimate of drug-likeness (QED) is 0.740. The van der Waals surface area contributed by atoms with E-state index in [0.717, 1.165) is 9.87 Å². The fourth-order valence-electron chi connectivity index (χ4n) is 2.11. The fourth-order valence-corrected chi connectivity index (χ4v) is 3.25. The van der Waals surface area contributed by atoms with Gasteiger partial charge in [-0.05, 0) is 17.7 Å². The third-order valence-electron chi connectivity index (χ3n) is 3.57. The van der Waals surface area contributed by atoms with Crippen LogP contribution in [0.4, 0.5) is 4.39 Å². The van der Waals surface area contributed by atoms with Crippen LogP contribution >= 0.6 is 24.0 Å². The van der Waals surface area contributed by atoms with E-state index in [-0.39, 0.29) is 36.1 Å². The SMILES string of the molecule is CN(Cc1c(F)cccc1Cl)S(=O)(=O)NCC(N)c1ccccc1.Cl. The van der Waals surface area contributed by atoms with Gasteiger partial charge in [-0.2, -0.15) is 12.7 Å². The zero-order chi connectivity index (χ0) is 17.7. The molecule has 25 heavy (non-hydrogen) atoms. The predicted octanol–water partition coefficient (Wildman–Crippen LogP) is 2.87. The summed E-state index contributed by atoms with van der Waals surface area (Å²) in [4.78, 5) is 0. The molecule has 1 unspecified atom stereocenters. The zero-order valence-electron chi connectivity index (χ0n) is 13.5. The standard InChI is InChI=1S/C16H19ClFN3O2S.ClH/c1-21(11-13-14(17)8-5-9-15(13)18)24(22,23)20-10-16(19)12-6-3-2-4-7-12;/h2-9,16,20H,10-11,19H2,1H3;1H. The summed E-state index contributed by atoms with van der Waals surface area (Å²) < 4.78 is 41.8. The first-order valence-electron chi connectivity index (χ1n) is 7.25. The van der Waals surface area contributed by atoms with E-state index in [1.807, 2.05) is 30.3 Å². The molecule has 3 N–H and O–H groups in total. The molecule has 0 bridgehead atoms. The number of halogens is 3. The first-order valence-corrected chi connectivity index (χ1v) is 9.07. The third-order valence-corrected chi connectivity index (χ3v) is 5.40. The van der Waals surface area contributed by atoms with Crippen LogP contribution in [0.15, 0.2) is 48.5 Å². The minimum absolute atomic E-state index is 0. The summed E-state index contributed by atoms with van der Waals surface area (Å²) in [7, 11) is -2.47. The van der Waals surface area contributed by atoms with Gasteiger partial charge in [0.05, 0.1) is 0 Å². The Morgan fingerprint density at radius 2 is 1.84 bits per heavy atom. The highest BCUT2D eigenvalue weighted by Gasteiger charge is 2.21. The van der Waals surface area contributed by atoms with Crippen molar-refractivity contribution >= 4 is 34.2 Å². The lowest BCUT2D eigenvalue weighted by Gasteiger charge is -2.20. The highest BCUT2D eigenvalue weighted by Crippen LogP contribution is 2.21. The second-order valence-corrected chi connectivity index (χ2v) is 7.60. The molecule has 0 aliphatic carbocycles. The van der Waals surface area contributed by atoms with Gasteiger partial charge < -0.3 is 5.73 Å². The molecule has 2 rings (SSSR count). The molecule has 1 atom stereocenters. The van der Waals surface area contributed by atoms with Crippen molar-refractivity contribution < 1.29 is 12.8 Å². The normalized spacial score (nSPS) is 12.7. The molecule has 0 heterocycles. The Morgan fingerprint density at radius 1 is 1.20 bits per heavy atom. The second-order valence-electron chi connectivity index (χ2n) is 5.33. The Hall–Kier alpha value is -1.22. The maximum absolute atomic E-state index is 13.8. The van der Waals surface area contributed by atoms with Crippen molar-refractivity contribution in [2.24, 2.45) is 5.73 Å². The molecule has 0 amide bonds. The van der Waals surface area contributed by atoms with Crippen LogP contribution in [0.5, 0.6) is 0 Å². The predicted molar refractivity (Wildman–Crippen MR) is 100 cm³/mol. The molecule has 9 heteroatoms. The van der Waals surface area contributed by atoms with Crippen LogP contribution in [-0.2, 0) is 16.8 Å². The zero-order valence-corrected chi connectivity index (χ0v) is 15.9. The van der Waals surface area contributed by atoms with Crippen molar-refractivity contribution in [1.29, 1.82) is 0 Å². The summed E-state index contributed by atoms with van der Waals surface area (Å²) in [6, 6.07) is 12.9. The number of benzene rings is 2. The van der Waals surface area contributed by atoms with E-state index in [1.165, 1.54) is 25.2 Å². The summed E-state index contributed by atoms with van der Waals surface area (Å²) in [5, 5.41) is 0.179. The number of hydrogen-bond acceptors (Lipinski definition) is 3. The van der Waals surface area contributed by atoms with Crippen LogP contribution in [0.25, 0.3) is 0 Å². The molecule has 0 aromatic heterocycles. The summed E-state index contributed by atoms with van der Waals surface area (Å²) in [5.74, 6) is -0.550. The Morgan fingerprint density at radius 3 is 2.44 bits per heavy atom. The highest BCUT2D eigenvalue weighted by atomic mass is 35.5. The summed E-state index contributed by atoms with van der Waals surface area (Å²) in [5.41, 5.74) is 6.92. The Labute approximate surface area is 158 Å². The van der Waals surface area contributed by atoms with Gasteiger partial charge in [0.1, 0.15) is 5.82 Å². The molecular weight excluding hydrogens is 388 g/mol. The average molecular weight is 408 g/mol. The topological polar surface area (TPSA) is 75.4 Å². The van der Waals surface area contributed by atoms with E-state index < -0.39 is 22.1 Å². The molecule has 138 valence electrons. The van der Waals surface area contributed by atoms with E-state index in [4.69, 9.17) is 17.3 Å². The first kappa shape index (κ1) is 21.8. The van der Waals surface area contributed by atoms with Crippen molar-refractivity contribution in [2.75, 3.05) is 13.6 Å². The second kappa shape index (κ2) is 9.47. The van der Waals surface area contributed by atoms with Gasteiger partial charge in [-0.3, -0.25) is 0 Å². The van der Waals surface area contributed by atoms with E-state index in [2.05, 4.69) is 4.72 Å². The largest absolute Gasteiger partial charge is 0.323 e. The van der Waals surface area contributed by atoms with Crippen molar-refractivity contribution in [1.82, 2.24) is 9.03 Å². The van der Waals surface area contributed by atoms with E-state index in [0.29, 0.717) is 0 Å². The van der Waals surface area contributed by atoms with E-state index in [1.54, 1.807) is 0 Å². The number of nitrogens with zero attached hydrogens (tertiary/aromatic N) is 1. The van der Waals surface area contributed by atoms with Gasteiger partial charge in [0.15, 0.2) is 0 Å². The maximum atomic E-state index is 13.8. The van der Waals surface area contributed by atoms with E-state index >= 15 is 0 Å². The molecule has 0 aliphatic rings. The number of nitrogens with one attached hydrogen (secondary N) is 1. The van der Waals surface area contributed by atoms with Gasteiger partial charge in [-0.15, -0.1) is 12.4 Å². The molecule has 2 aromatic rings. The van der Waals surface area contributed by atoms with Crippen LogP contribution < -0.4 is 10.5 Å². The minimum Gasteiger partial charge on any atom is -0.323 e. The Balaban J connectivity index is 0.00000312. The summed E-state index contributed by atoms with van der Waals surface area (Å²) >= 11 is 5.93. The van der Waals surface area contributed by atoms with Crippen molar-refractivity contribution in [2.45, 2.75) is 12.6 Å². The molecular formula is C16H20Cl2FN3O2S. The highest BCUT2D eigenvalue weighted by molar-refractivity contribution is 7.87. The van der Waals surface area contributed by atoms with Crippen LogP contribution in [-0.4, -0.2) is 26.3 Å². The van der Waals surface area contributed by atoms with Crippen LogP contribution in [0, 0.1) is 5.82 Å². The van der Waals surface area contributed by atoms with Crippen LogP contribution in [0.1, 0.15) is 17.2 Å². The molecule has 5 nitrogen and oxygen atoms in total. The molecule has 0 saturated carbocycles. The molecule has 0 aliphatic heterocycles. The van der Waals surface area contributed by atoms with Gasteiger partial charge in [-0.25, -0.2) is 9.11 Å². The smallest absolute Gasteiger partial charge is 0.279 e. The van der Waals surface area contributed by atoms with Gasteiger partial charge in [0.25, 0.3) is 10.2 Å². The molecule has 0 spiro atoms. The van der Waals surface area contributed by atoms with Gasteiger partial charge in [0, 0.05) is 36.8 Å². The number of nitrogens with two attached hydrogens (primary N) is 1. The number of rotatable bonds is 7. The van der Waals surface area contributed by atoms with Gasteiger partial charge >= 0.3 is 0 Å². The van der Waals surface area contributed by atoms with Gasteiger partial charge in [-0.1, -0.05) is 48.0 Å². The third kappa shape index (κ3) is 5.91. The Bertz CT molecular complexity index is 771. The lowest BCUT2D eigenvalue weighted by molar-refractivity contribution is 0.443. The Kier molecular flexibility index (Phi) is 8.27. The maximum Gasteiger partial charge on any atom is 0.279 e. The summed E-state index contributed by atoms with van der Waals surface area (Å²) in [6.45, 7) is -0.150.